The van der Waals surface area contributed by atoms with Crippen LogP contribution in [-0.4, -0.2) is 21.8 Å². The number of aromatic nitrogens is 2. The Bertz CT molecular complexity index is 1030. The van der Waals surface area contributed by atoms with Crippen LogP contribution in [0.25, 0.3) is 0 Å². The molecule has 3 aromatic rings. The molecule has 2 heterocycles. The number of thiazole rings is 1. The van der Waals surface area contributed by atoms with Gasteiger partial charge >= 0.3 is 0 Å². The van der Waals surface area contributed by atoms with Crippen molar-refractivity contribution in [2.24, 2.45) is 0 Å². The lowest BCUT2D eigenvalue weighted by atomic mass is 10.2. The third-order valence-corrected chi connectivity index (χ3v) is 4.65. The standard InChI is InChI=1S/C19H17FN4O3S/c20-13-5-3-12(4-6-13)10-22-16(25)8-7-14-11-28-19(23-14)24-18(27)15-2-1-9-21-17(15)26/h1-6,9,11H,7-8,10H2,(H,21,26)(H,22,25)(H,23,24,27). The number of amides is 2. The molecule has 0 atom stereocenters. The molecule has 0 aliphatic rings. The van der Waals surface area contributed by atoms with Crippen molar-refractivity contribution in [2.75, 3.05) is 5.32 Å². The molecule has 28 heavy (non-hydrogen) atoms. The average molecular weight is 400 g/mol. The zero-order chi connectivity index (χ0) is 19.9. The first-order valence-electron chi connectivity index (χ1n) is 8.46. The molecule has 0 radical (unpaired) electrons. The lowest BCUT2D eigenvalue weighted by Gasteiger charge is -2.04. The third-order valence-electron chi connectivity index (χ3n) is 3.85. The summed E-state index contributed by atoms with van der Waals surface area (Å²) in [5.41, 5.74) is 0.998. The number of rotatable bonds is 7. The van der Waals surface area contributed by atoms with E-state index < -0.39 is 11.5 Å². The molecule has 0 fully saturated rings. The molecule has 1 aromatic carbocycles. The third kappa shape index (κ3) is 5.34. The zero-order valence-corrected chi connectivity index (χ0v) is 15.5. The van der Waals surface area contributed by atoms with E-state index in [-0.39, 0.29) is 23.7 Å². The Balaban J connectivity index is 1.47. The number of hydrogen-bond acceptors (Lipinski definition) is 5. The maximum Gasteiger partial charge on any atom is 0.263 e. The largest absolute Gasteiger partial charge is 0.352 e. The molecule has 9 heteroatoms. The summed E-state index contributed by atoms with van der Waals surface area (Å²) >= 11 is 1.22. The SMILES string of the molecule is O=C(CCc1csc(NC(=O)c2ccc[nH]c2=O)n1)NCc1ccc(F)cc1. The normalized spacial score (nSPS) is 10.5. The number of carbonyl (C=O) groups excluding carboxylic acids is 2. The van der Waals surface area contributed by atoms with E-state index in [0.717, 1.165) is 5.56 Å². The molecule has 0 saturated heterocycles. The second kappa shape index (κ2) is 9.05. The first-order chi connectivity index (χ1) is 13.5. The number of aromatic amines is 1. The molecule has 0 saturated carbocycles. The number of pyridine rings is 1. The Morgan fingerprint density at radius 3 is 2.71 bits per heavy atom. The van der Waals surface area contributed by atoms with Crippen LogP contribution in [0, 0.1) is 5.82 Å². The van der Waals surface area contributed by atoms with Crippen molar-refractivity contribution in [3.8, 4) is 0 Å². The van der Waals surface area contributed by atoms with Crippen molar-refractivity contribution in [3.63, 3.8) is 0 Å². The van der Waals surface area contributed by atoms with Gasteiger partial charge in [-0.3, -0.25) is 19.7 Å². The van der Waals surface area contributed by atoms with Crippen LogP contribution in [0.2, 0.25) is 0 Å². The Hall–Kier alpha value is -3.33. The Labute approximate surface area is 163 Å². The summed E-state index contributed by atoms with van der Waals surface area (Å²) < 4.78 is 12.9. The maximum absolute atomic E-state index is 12.9. The minimum Gasteiger partial charge on any atom is -0.352 e. The van der Waals surface area contributed by atoms with E-state index in [1.165, 1.54) is 35.7 Å². The molecule has 2 aromatic heterocycles. The molecule has 3 rings (SSSR count). The zero-order valence-electron chi connectivity index (χ0n) is 14.7. The molecule has 0 unspecified atom stereocenters. The molecule has 0 spiro atoms. The van der Waals surface area contributed by atoms with Crippen LogP contribution in [-0.2, 0) is 17.8 Å². The number of benzene rings is 1. The van der Waals surface area contributed by atoms with Crippen molar-refractivity contribution < 1.29 is 14.0 Å². The van der Waals surface area contributed by atoms with E-state index >= 15 is 0 Å². The van der Waals surface area contributed by atoms with Gasteiger partial charge in [0.15, 0.2) is 5.13 Å². The van der Waals surface area contributed by atoms with E-state index in [1.807, 2.05) is 0 Å². The fourth-order valence-corrected chi connectivity index (χ4v) is 3.12. The van der Waals surface area contributed by atoms with Crippen molar-refractivity contribution in [1.82, 2.24) is 15.3 Å². The molecule has 0 bridgehead atoms. The maximum atomic E-state index is 12.9. The van der Waals surface area contributed by atoms with Crippen molar-refractivity contribution in [2.45, 2.75) is 19.4 Å². The van der Waals surface area contributed by atoms with Crippen LogP contribution >= 0.6 is 11.3 Å². The molecule has 144 valence electrons. The smallest absolute Gasteiger partial charge is 0.263 e. The quantitative estimate of drug-likeness (QED) is 0.567. The lowest BCUT2D eigenvalue weighted by molar-refractivity contribution is -0.121. The topological polar surface area (TPSA) is 104 Å². The number of hydrogen-bond donors (Lipinski definition) is 3. The second-order valence-electron chi connectivity index (χ2n) is 5.91. The molecule has 7 nitrogen and oxygen atoms in total. The predicted octanol–water partition coefficient (Wildman–Crippen LogP) is 2.47. The van der Waals surface area contributed by atoms with Crippen molar-refractivity contribution >= 4 is 28.3 Å². The summed E-state index contributed by atoms with van der Waals surface area (Å²) in [6.45, 7) is 0.323. The number of aryl methyl sites for hydroxylation is 1. The summed E-state index contributed by atoms with van der Waals surface area (Å²) in [4.78, 5) is 42.4. The first kappa shape index (κ1) is 19.4. The summed E-state index contributed by atoms with van der Waals surface area (Å²) in [5, 5.41) is 7.44. The van der Waals surface area contributed by atoms with Crippen LogP contribution in [0.15, 0.2) is 52.8 Å². The highest BCUT2D eigenvalue weighted by Crippen LogP contribution is 2.17. The van der Waals surface area contributed by atoms with E-state index in [2.05, 4.69) is 20.6 Å². The van der Waals surface area contributed by atoms with Crippen molar-refractivity contribution in [3.05, 3.63) is 81.0 Å². The van der Waals surface area contributed by atoms with E-state index in [9.17, 15) is 18.8 Å². The summed E-state index contributed by atoms with van der Waals surface area (Å²) in [7, 11) is 0. The average Bonchev–Trinajstić information content (AvgIpc) is 3.13. The number of anilines is 1. The van der Waals surface area contributed by atoms with Gasteiger partial charge in [-0.1, -0.05) is 12.1 Å². The van der Waals surface area contributed by atoms with Gasteiger partial charge < -0.3 is 10.3 Å². The van der Waals surface area contributed by atoms with Gasteiger partial charge in [0.05, 0.1) is 5.69 Å². The van der Waals surface area contributed by atoms with Crippen LogP contribution in [0.4, 0.5) is 9.52 Å². The van der Waals surface area contributed by atoms with Gasteiger partial charge in [-0.15, -0.1) is 11.3 Å². The van der Waals surface area contributed by atoms with E-state index in [4.69, 9.17) is 0 Å². The van der Waals surface area contributed by atoms with Gasteiger partial charge in [-0.2, -0.15) is 0 Å². The van der Waals surface area contributed by atoms with Crippen LogP contribution in [0.3, 0.4) is 0 Å². The van der Waals surface area contributed by atoms with Gasteiger partial charge in [-0.05, 0) is 36.2 Å². The van der Waals surface area contributed by atoms with Crippen LogP contribution in [0.5, 0.6) is 0 Å². The summed E-state index contributed by atoms with van der Waals surface area (Å²) in [5.74, 6) is -1.02. The Morgan fingerprint density at radius 1 is 1.18 bits per heavy atom. The monoisotopic (exact) mass is 400 g/mol. The minimum atomic E-state index is -0.542. The Kier molecular flexibility index (Phi) is 6.28. The predicted molar refractivity (Wildman–Crippen MR) is 104 cm³/mol. The highest BCUT2D eigenvalue weighted by molar-refractivity contribution is 7.14. The van der Waals surface area contributed by atoms with Gasteiger partial charge in [0.2, 0.25) is 5.91 Å². The summed E-state index contributed by atoms with van der Waals surface area (Å²) in [6, 6.07) is 8.90. The highest BCUT2D eigenvalue weighted by Gasteiger charge is 2.12. The number of nitrogens with zero attached hydrogens (tertiary/aromatic N) is 1. The lowest BCUT2D eigenvalue weighted by Crippen LogP contribution is -2.23. The number of nitrogens with one attached hydrogen (secondary N) is 3. The molecule has 0 aliphatic carbocycles. The van der Waals surface area contributed by atoms with E-state index in [1.54, 1.807) is 23.6 Å². The first-order valence-corrected chi connectivity index (χ1v) is 9.34. The number of carbonyl (C=O) groups is 2. The van der Waals surface area contributed by atoms with Crippen LogP contribution in [0.1, 0.15) is 28.0 Å². The fourth-order valence-electron chi connectivity index (χ4n) is 2.38. The molecular formula is C19H17FN4O3S. The Morgan fingerprint density at radius 2 is 1.96 bits per heavy atom. The molecule has 3 N–H and O–H groups in total. The van der Waals surface area contributed by atoms with Gasteiger partial charge in [0.1, 0.15) is 11.4 Å². The molecule has 2 amide bonds. The molecular weight excluding hydrogens is 383 g/mol. The van der Waals surface area contributed by atoms with Crippen molar-refractivity contribution in [1.29, 1.82) is 0 Å². The number of H-pyrrole nitrogens is 1. The number of halogens is 1. The fraction of sp³-hybridized carbons (Fsp3) is 0.158. The van der Waals surface area contributed by atoms with Gasteiger partial charge in [-0.25, -0.2) is 9.37 Å². The summed E-state index contributed by atoms with van der Waals surface area (Å²) in [6.07, 6.45) is 2.09. The highest BCUT2D eigenvalue weighted by atomic mass is 32.1. The van der Waals surface area contributed by atoms with E-state index in [0.29, 0.717) is 23.8 Å². The van der Waals surface area contributed by atoms with Gasteiger partial charge in [0.25, 0.3) is 11.5 Å². The minimum absolute atomic E-state index is 0.000536. The second-order valence-corrected chi connectivity index (χ2v) is 6.77. The van der Waals surface area contributed by atoms with Gasteiger partial charge in [0, 0.05) is 24.5 Å². The molecule has 0 aliphatic heterocycles. The van der Waals surface area contributed by atoms with Crippen LogP contribution < -0.4 is 16.2 Å².